The van der Waals surface area contributed by atoms with Gasteiger partial charge in [-0.1, -0.05) is 23.7 Å². The summed E-state index contributed by atoms with van der Waals surface area (Å²) in [5.41, 5.74) is 4.22. The second kappa shape index (κ2) is 5.43. The van der Waals surface area contributed by atoms with Gasteiger partial charge in [-0.05, 0) is 31.2 Å². The number of aromatic nitrogens is 1. The molecule has 2 rings (SSSR count). The highest BCUT2D eigenvalue weighted by atomic mass is 35.5. The molecule has 1 aromatic heterocycles. The topological polar surface area (TPSA) is 24.9 Å². The van der Waals surface area contributed by atoms with Gasteiger partial charge in [-0.15, -0.1) is 11.3 Å². The first-order valence-corrected chi connectivity index (χ1v) is 6.41. The molecular formula is C12H13ClN2S. The average Bonchev–Trinajstić information content (AvgIpc) is 2.82. The summed E-state index contributed by atoms with van der Waals surface area (Å²) in [6.07, 6.45) is 0.928. The Morgan fingerprint density at radius 1 is 1.38 bits per heavy atom. The predicted molar refractivity (Wildman–Crippen MR) is 69.1 cm³/mol. The quantitative estimate of drug-likeness (QED) is 0.903. The molecule has 0 saturated heterocycles. The molecular weight excluding hydrogens is 240 g/mol. The van der Waals surface area contributed by atoms with Crippen LogP contribution in [0.2, 0.25) is 5.02 Å². The standard InChI is InChI=1S/C12H13ClN2S/c1-14-11(12-7-16-8-15-12)6-9-2-4-10(13)5-3-9/h2-5,7-8,11,14H,6H2,1H3. The van der Waals surface area contributed by atoms with E-state index in [2.05, 4.69) is 27.8 Å². The van der Waals surface area contributed by atoms with Crippen LogP contribution in [0.1, 0.15) is 17.3 Å². The van der Waals surface area contributed by atoms with Crippen molar-refractivity contribution in [3.63, 3.8) is 0 Å². The van der Waals surface area contributed by atoms with E-state index >= 15 is 0 Å². The van der Waals surface area contributed by atoms with Crippen molar-refractivity contribution in [2.24, 2.45) is 0 Å². The van der Waals surface area contributed by atoms with E-state index in [1.54, 1.807) is 11.3 Å². The van der Waals surface area contributed by atoms with E-state index in [0.717, 1.165) is 17.1 Å². The smallest absolute Gasteiger partial charge is 0.0795 e. The van der Waals surface area contributed by atoms with Crippen molar-refractivity contribution >= 4 is 22.9 Å². The Morgan fingerprint density at radius 2 is 2.12 bits per heavy atom. The largest absolute Gasteiger partial charge is 0.311 e. The summed E-state index contributed by atoms with van der Waals surface area (Å²) in [5.74, 6) is 0. The van der Waals surface area contributed by atoms with Crippen molar-refractivity contribution in [2.75, 3.05) is 7.05 Å². The van der Waals surface area contributed by atoms with Crippen LogP contribution in [0.3, 0.4) is 0 Å². The van der Waals surface area contributed by atoms with Gasteiger partial charge in [0.2, 0.25) is 0 Å². The maximum atomic E-state index is 5.86. The number of likely N-dealkylation sites (N-methyl/N-ethyl adjacent to an activating group) is 1. The van der Waals surface area contributed by atoms with Crippen molar-refractivity contribution in [1.29, 1.82) is 0 Å². The molecule has 0 fully saturated rings. The highest BCUT2D eigenvalue weighted by molar-refractivity contribution is 7.07. The minimum Gasteiger partial charge on any atom is -0.311 e. The van der Waals surface area contributed by atoms with Crippen LogP contribution in [-0.4, -0.2) is 12.0 Å². The van der Waals surface area contributed by atoms with Crippen molar-refractivity contribution in [1.82, 2.24) is 10.3 Å². The van der Waals surface area contributed by atoms with Crippen LogP contribution < -0.4 is 5.32 Å². The fourth-order valence-electron chi connectivity index (χ4n) is 1.60. The third kappa shape index (κ3) is 2.82. The van der Waals surface area contributed by atoms with E-state index < -0.39 is 0 Å². The van der Waals surface area contributed by atoms with Gasteiger partial charge in [0.05, 0.1) is 17.2 Å². The zero-order valence-electron chi connectivity index (χ0n) is 8.98. The summed E-state index contributed by atoms with van der Waals surface area (Å²) in [6.45, 7) is 0. The normalized spacial score (nSPS) is 12.6. The lowest BCUT2D eigenvalue weighted by molar-refractivity contribution is 0.579. The average molecular weight is 253 g/mol. The lowest BCUT2D eigenvalue weighted by Gasteiger charge is -2.13. The number of rotatable bonds is 4. The Hall–Kier alpha value is -0.900. The molecule has 1 N–H and O–H groups in total. The van der Waals surface area contributed by atoms with E-state index in [-0.39, 0.29) is 6.04 Å². The van der Waals surface area contributed by atoms with Crippen LogP contribution >= 0.6 is 22.9 Å². The SMILES string of the molecule is CNC(Cc1ccc(Cl)cc1)c1cscn1. The minimum absolute atomic E-state index is 0.271. The molecule has 0 bridgehead atoms. The van der Waals surface area contributed by atoms with E-state index in [1.807, 2.05) is 24.7 Å². The monoisotopic (exact) mass is 252 g/mol. The predicted octanol–water partition coefficient (Wildman–Crippen LogP) is 3.30. The maximum Gasteiger partial charge on any atom is 0.0795 e. The van der Waals surface area contributed by atoms with Crippen LogP contribution in [-0.2, 0) is 6.42 Å². The number of thiazole rings is 1. The number of halogens is 1. The molecule has 0 spiro atoms. The van der Waals surface area contributed by atoms with Crippen LogP contribution in [0.15, 0.2) is 35.2 Å². The lowest BCUT2D eigenvalue weighted by atomic mass is 10.0. The van der Waals surface area contributed by atoms with Crippen molar-refractivity contribution in [2.45, 2.75) is 12.5 Å². The zero-order valence-corrected chi connectivity index (χ0v) is 10.6. The molecule has 1 unspecified atom stereocenters. The molecule has 1 atom stereocenters. The summed E-state index contributed by atoms with van der Waals surface area (Å²) in [5, 5.41) is 6.14. The molecule has 1 heterocycles. The third-order valence-electron chi connectivity index (χ3n) is 2.51. The fourth-order valence-corrected chi connectivity index (χ4v) is 2.34. The van der Waals surface area contributed by atoms with E-state index in [1.165, 1.54) is 5.56 Å². The molecule has 0 amide bonds. The molecule has 2 aromatic rings. The number of hydrogen-bond donors (Lipinski definition) is 1. The van der Waals surface area contributed by atoms with Crippen LogP contribution in [0.25, 0.3) is 0 Å². The second-order valence-corrected chi connectivity index (χ2v) is 4.74. The van der Waals surface area contributed by atoms with Crippen molar-refractivity contribution < 1.29 is 0 Å². The molecule has 0 aliphatic carbocycles. The summed E-state index contributed by atoms with van der Waals surface area (Å²) >= 11 is 7.48. The first-order chi connectivity index (χ1) is 7.79. The summed E-state index contributed by atoms with van der Waals surface area (Å²) in [6, 6.07) is 8.22. The van der Waals surface area contributed by atoms with Crippen LogP contribution in [0.4, 0.5) is 0 Å². The van der Waals surface area contributed by atoms with Gasteiger partial charge in [0.25, 0.3) is 0 Å². The Labute approximate surface area is 104 Å². The van der Waals surface area contributed by atoms with Gasteiger partial charge in [0.15, 0.2) is 0 Å². The Bertz CT molecular complexity index is 425. The minimum atomic E-state index is 0.271. The maximum absolute atomic E-state index is 5.86. The van der Waals surface area contributed by atoms with Crippen molar-refractivity contribution in [3.05, 3.63) is 51.4 Å². The summed E-state index contributed by atoms with van der Waals surface area (Å²) < 4.78 is 0. The van der Waals surface area contributed by atoms with Gasteiger partial charge >= 0.3 is 0 Å². The van der Waals surface area contributed by atoms with Gasteiger partial charge in [-0.3, -0.25) is 0 Å². The highest BCUT2D eigenvalue weighted by Crippen LogP contribution is 2.19. The summed E-state index contributed by atoms with van der Waals surface area (Å²) in [4.78, 5) is 4.33. The molecule has 0 aliphatic heterocycles. The van der Waals surface area contributed by atoms with Gasteiger partial charge in [0.1, 0.15) is 0 Å². The van der Waals surface area contributed by atoms with Gasteiger partial charge < -0.3 is 5.32 Å². The Morgan fingerprint density at radius 3 is 2.69 bits per heavy atom. The van der Waals surface area contributed by atoms with E-state index in [0.29, 0.717) is 0 Å². The number of nitrogens with one attached hydrogen (secondary N) is 1. The molecule has 0 radical (unpaired) electrons. The zero-order chi connectivity index (χ0) is 11.4. The number of benzene rings is 1. The van der Waals surface area contributed by atoms with E-state index in [9.17, 15) is 0 Å². The van der Waals surface area contributed by atoms with Crippen molar-refractivity contribution in [3.8, 4) is 0 Å². The lowest BCUT2D eigenvalue weighted by Crippen LogP contribution is -2.19. The molecule has 4 heteroatoms. The first-order valence-electron chi connectivity index (χ1n) is 5.09. The molecule has 1 aromatic carbocycles. The second-order valence-electron chi connectivity index (χ2n) is 3.59. The molecule has 84 valence electrons. The van der Waals surface area contributed by atoms with E-state index in [4.69, 9.17) is 11.6 Å². The number of nitrogens with zero attached hydrogens (tertiary/aromatic N) is 1. The third-order valence-corrected chi connectivity index (χ3v) is 3.37. The van der Waals surface area contributed by atoms with Gasteiger partial charge in [0, 0.05) is 10.4 Å². The molecule has 16 heavy (non-hydrogen) atoms. The molecule has 0 aliphatic rings. The molecule has 2 nitrogen and oxygen atoms in total. The fraction of sp³-hybridized carbons (Fsp3) is 0.250. The number of hydrogen-bond acceptors (Lipinski definition) is 3. The van der Waals surface area contributed by atoms with Crippen LogP contribution in [0.5, 0.6) is 0 Å². The van der Waals surface area contributed by atoms with Gasteiger partial charge in [-0.2, -0.15) is 0 Å². The van der Waals surface area contributed by atoms with Crippen LogP contribution in [0, 0.1) is 0 Å². The summed E-state index contributed by atoms with van der Waals surface area (Å²) in [7, 11) is 1.96. The molecule has 0 saturated carbocycles. The first kappa shape index (κ1) is 11.6. The Balaban J connectivity index is 2.10. The highest BCUT2D eigenvalue weighted by Gasteiger charge is 2.11. The van der Waals surface area contributed by atoms with Gasteiger partial charge in [-0.25, -0.2) is 4.98 Å². The Kier molecular flexibility index (Phi) is 3.93.